The lowest BCUT2D eigenvalue weighted by Gasteiger charge is -2.28. The zero-order valence-electron chi connectivity index (χ0n) is 15.7. The van der Waals surface area contributed by atoms with Crippen molar-refractivity contribution in [2.45, 2.75) is 19.4 Å². The Morgan fingerprint density at radius 1 is 1.13 bits per heavy atom. The second kappa shape index (κ2) is 7.23. The van der Waals surface area contributed by atoms with Crippen molar-refractivity contribution in [3.8, 4) is 11.3 Å². The molecule has 150 valence electrons. The number of halogens is 2. The highest BCUT2D eigenvalue weighted by Crippen LogP contribution is 2.42. The van der Waals surface area contributed by atoms with Crippen molar-refractivity contribution in [1.82, 2.24) is 30.4 Å². The minimum Gasteiger partial charge on any atom is -0.318 e. The summed E-state index contributed by atoms with van der Waals surface area (Å²) in [6, 6.07) is 12.8. The molecule has 8 nitrogen and oxygen atoms in total. The second-order valence-electron chi connectivity index (χ2n) is 6.88. The van der Waals surface area contributed by atoms with E-state index in [4.69, 9.17) is 23.2 Å². The van der Waals surface area contributed by atoms with E-state index in [2.05, 4.69) is 50.1 Å². The predicted octanol–water partition coefficient (Wildman–Crippen LogP) is 3.99. The molecule has 0 saturated heterocycles. The van der Waals surface area contributed by atoms with Gasteiger partial charge in [-0.05, 0) is 46.2 Å². The third kappa shape index (κ3) is 2.96. The number of hydrogen-bond acceptors (Lipinski definition) is 6. The maximum Gasteiger partial charge on any atom is 0.288 e. The van der Waals surface area contributed by atoms with Gasteiger partial charge in [-0.15, -0.1) is 0 Å². The van der Waals surface area contributed by atoms with Crippen molar-refractivity contribution in [2.24, 2.45) is 0 Å². The summed E-state index contributed by atoms with van der Waals surface area (Å²) in [6.45, 7) is 2.10. The predicted molar refractivity (Wildman–Crippen MR) is 114 cm³/mol. The molecule has 0 fully saturated rings. The lowest BCUT2D eigenvalue weighted by molar-refractivity contribution is 0.567. The fourth-order valence-corrected chi connectivity index (χ4v) is 4.17. The van der Waals surface area contributed by atoms with Crippen molar-refractivity contribution in [1.29, 1.82) is 0 Å². The number of aromatic nitrogens is 6. The number of nitrogens with zero attached hydrogens (tertiary/aromatic N) is 5. The van der Waals surface area contributed by atoms with Crippen molar-refractivity contribution < 1.29 is 0 Å². The summed E-state index contributed by atoms with van der Waals surface area (Å²) in [4.78, 5) is 12.7. The number of fused-ring (bicyclic) bond motifs is 2. The number of nitrogens with one attached hydrogen (secondary N) is 2. The molecule has 1 atom stereocenters. The molecule has 1 aliphatic heterocycles. The second-order valence-corrected chi connectivity index (χ2v) is 7.73. The minimum atomic E-state index is -0.464. The van der Waals surface area contributed by atoms with Gasteiger partial charge in [-0.1, -0.05) is 59.5 Å². The van der Waals surface area contributed by atoms with Gasteiger partial charge in [0.1, 0.15) is 17.4 Å². The average Bonchev–Trinajstić information content (AvgIpc) is 3.22. The van der Waals surface area contributed by atoms with Crippen LogP contribution < -0.4 is 10.9 Å². The van der Waals surface area contributed by atoms with E-state index >= 15 is 0 Å². The number of tetrazole rings is 1. The molecule has 0 spiro atoms. The maximum absolute atomic E-state index is 12.7. The number of hydrogen-bond donors (Lipinski definition) is 2. The summed E-state index contributed by atoms with van der Waals surface area (Å²) in [5.74, 6) is 0.372. The summed E-state index contributed by atoms with van der Waals surface area (Å²) >= 11 is 12.5. The van der Waals surface area contributed by atoms with Gasteiger partial charge in [0.2, 0.25) is 5.95 Å². The third-order valence-electron chi connectivity index (χ3n) is 5.16. The van der Waals surface area contributed by atoms with Crippen LogP contribution in [0.2, 0.25) is 10.0 Å². The first-order chi connectivity index (χ1) is 14.6. The first-order valence-corrected chi connectivity index (χ1v) is 10.0. The zero-order valence-corrected chi connectivity index (χ0v) is 17.2. The molecular formula is C20H15Cl2N7O. The SMILES string of the molecule is CCc1ccc([C@H]2c3c(-c4ccc(Cl)cc4Cl)n[nH]c(=O)c3Nc3nnnn32)cc1. The van der Waals surface area contributed by atoms with Gasteiger partial charge in [0.05, 0.1) is 5.02 Å². The molecule has 0 amide bonds. The summed E-state index contributed by atoms with van der Waals surface area (Å²) in [6.07, 6.45) is 0.923. The quantitative estimate of drug-likeness (QED) is 0.440. The van der Waals surface area contributed by atoms with Gasteiger partial charge in [0, 0.05) is 16.1 Å². The molecule has 3 heterocycles. The van der Waals surface area contributed by atoms with E-state index in [9.17, 15) is 4.79 Å². The largest absolute Gasteiger partial charge is 0.318 e. The summed E-state index contributed by atoms with van der Waals surface area (Å²) < 4.78 is 1.64. The van der Waals surface area contributed by atoms with E-state index in [0.717, 1.165) is 12.0 Å². The van der Waals surface area contributed by atoms with E-state index < -0.39 is 6.04 Å². The normalized spacial score (nSPS) is 14.7. The number of anilines is 2. The number of rotatable bonds is 3. The van der Waals surface area contributed by atoms with Crippen LogP contribution in [0.15, 0.2) is 47.3 Å². The van der Waals surface area contributed by atoms with Crippen LogP contribution in [0.25, 0.3) is 11.3 Å². The van der Waals surface area contributed by atoms with Crippen molar-refractivity contribution in [2.75, 3.05) is 5.32 Å². The average molecular weight is 440 g/mol. The molecule has 2 aromatic carbocycles. The molecule has 0 bridgehead atoms. The molecule has 0 unspecified atom stereocenters. The Balaban J connectivity index is 1.80. The highest BCUT2D eigenvalue weighted by atomic mass is 35.5. The molecule has 0 aliphatic carbocycles. The highest BCUT2D eigenvalue weighted by molar-refractivity contribution is 6.36. The Kier molecular flexibility index (Phi) is 4.52. The van der Waals surface area contributed by atoms with E-state index in [-0.39, 0.29) is 5.56 Å². The Bertz CT molecular complexity index is 1310. The van der Waals surface area contributed by atoms with E-state index in [0.29, 0.717) is 38.5 Å². The highest BCUT2D eigenvalue weighted by Gasteiger charge is 2.34. The molecule has 5 rings (SSSR count). The van der Waals surface area contributed by atoms with Gasteiger partial charge in [-0.3, -0.25) is 4.79 Å². The molecule has 4 aromatic rings. The first-order valence-electron chi connectivity index (χ1n) is 9.28. The first kappa shape index (κ1) is 18.8. The van der Waals surface area contributed by atoms with Crippen LogP contribution >= 0.6 is 23.2 Å². The third-order valence-corrected chi connectivity index (χ3v) is 5.71. The Labute approximate surface area is 180 Å². The summed E-state index contributed by atoms with van der Waals surface area (Å²) in [7, 11) is 0. The van der Waals surface area contributed by atoms with Gasteiger partial charge < -0.3 is 5.32 Å². The van der Waals surface area contributed by atoms with E-state index in [1.54, 1.807) is 22.9 Å². The van der Waals surface area contributed by atoms with Crippen molar-refractivity contribution in [3.05, 3.63) is 79.6 Å². The molecule has 2 N–H and O–H groups in total. The lowest BCUT2D eigenvalue weighted by atomic mass is 9.92. The fourth-order valence-electron chi connectivity index (χ4n) is 3.67. The standard InChI is InChI=1S/C20H15Cl2N7O/c1-2-10-3-5-11(6-4-10)18-15-16(13-8-7-12(21)9-14(13)22)24-25-19(30)17(15)23-20-26-27-28-29(18)20/h3-9,18H,2H2,1H3,(H,25,30)(H,23,26,28)/t18-/m0/s1. The molecule has 1 aliphatic rings. The number of H-pyrrole nitrogens is 1. The summed E-state index contributed by atoms with van der Waals surface area (Å²) in [5, 5.41) is 22.8. The van der Waals surface area contributed by atoms with Crippen LogP contribution in [-0.4, -0.2) is 30.4 Å². The van der Waals surface area contributed by atoms with Crippen LogP contribution in [0.5, 0.6) is 0 Å². The van der Waals surface area contributed by atoms with Crippen LogP contribution in [-0.2, 0) is 6.42 Å². The summed E-state index contributed by atoms with van der Waals surface area (Å²) in [5.41, 5.74) is 3.87. The monoisotopic (exact) mass is 439 g/mol. The van der Waals surface area contributed by atoms with Crippen LogP contribution in [0, 0.1) is 0 Å². The van der Waals surface area contributed by atoms with Crippen LogP contribution in [0.4, 0.5) is 11.6 Å². The Morgan fingerprint density at radius 2 is 1.93 bits per heavy atom. The van der Waals surface area contributed by atoms with Crippen molar-refractivity contribution >= 4 is 34.8 Å². The topological polar surface area (TPSA) is 101 Å². The van der Waals surface area contributed by atoms with E-state index in [1.165, 1.54) is 5.56 Å². The number of benzene rings is 2. The fraction of sp³-hybridized carbons (Fsp3) is 0.150. The van der Waals surface area contributed by atoms with Crippen molar-refractivity contribution in [3.63, 3.8) is 0 Å². The van der Waals surface area contributed by atoms with Gasteiger partial charge in [-0.2, -0.15) is 9.78 Å². The molecule has 30 heavy (non-hydrogen) atoms. The molecular weight excluding hydrogens is 425 g/mol. The maximum atomic E-state index is 12.7. The van der Waals surface area contributed by atoms with Gasteiger partial charge in [0.15, 0.2) is 0 Å². The number of aromatic amines is 1. The zero-order chi connectivity index (χ0) is 20.8. The Morgan fingerprint density at radius 3 is 2.67 bits per heavy atom. The van der Waals surface area contributed by atoms with E-state index in [1.807, 2.05) is 12.1 Å². The van der Waals surface area contributed by atoms with Gasteiger partial charge in [-0.25, -0.2) is 5.10 Å². The smallest absolute Gasteiger partial charge is 0.288 e. The molecule has 10 heteroatoms. The van der Waals surface area contributed by atoms with Gasteiger partial charge >= 0.3 is 0 Å². The molecule has 2 aromatic heterocycles. The lowest BCUT2D eigenvalue weighted by Crippen LogP contribution is -2.29. The van der Waals surface area contributed by atoms with Gasteiger partial charge in [0.25, 0.3) is 5.56 Å². The minimum absolute atomic E-state index is 0.331. The van der Waals surface area contributed by atoms with Crippen LogP contribution in [0.1, 0.15) is 29.7 Å². The Hall–Kier alpha value is -3.23. The number of aryl methyl sites for hydroxylation is 1. The van der Waals surface area contributed by atoms with Crippen LogP contribution in [0.3, 0.4) is 0 Å². The molecule has 0 radical (unpaired) electrons. The molecule has 0 saturated carbocycles.